The Morgan fingerprint density at radius 2 is 2.17 bits per heavy atom. The first-order valence-electron chi connectivity index (χ1n) is 7.85. The van der Waals surface area contributed by atoms with Crippen LogP contribution in [0.4, 0.5) is 4.39 Å². The van der Waals surface area contributed by atoms with E-state index in [1.165, 1.54) is 25.0 Å². The molecule has 23 heavy (non-hydrogen) atoms. The maximum Gasteiger partial charge on any atom is 0.219 e. The fraction of sp³-hybridized carbons (Fsp3) is 0.389. The fourth-order valence-electron chi connectivity index (χ4n) is 2.52. The van der Waals surface area contributed by atoms with Gasteiger partial charge >= 0.3 is 0 Å². The molecule has 1 aliphatic rings. The normalized spacial score (nSPS) is 15.4. The first kappa shape index (κ1) is 15.9. The SMILES string of the molecule is COCC(NCc1ccc(Oc2cccc(F)c2)nc1)C1CC1. The number of hydrogen-bond acceptors (Lipinski definition) is 4. The fourth-order valence-corrected chi connectivity index (χ4v) is 2.52. The monoisotopic (exact) mass is 316 g/mol. The summed E-state index contributed by atoms with van der Waals surface area (Å²) >= 11 is 0. The molecule has 0 saturated heterocycles. The summed E-state index contributed by atoms with van der Waals surface area (Å²) in [7, 11) is 1.73. The van der Waals surface area contributed by atoms with Gasteiger partial charge in [-0.25, -0.2) is 9.37 Å². The van der Waals surface area contributed by atoms with Crippen LogP contribution in [0.25, 0.3) is 0 Å². The first-order chi connectivity index (χ1) is 11.2. The Morgan fingerprint density at radius 3 is 2.83 bits per heavy atom. The van der Waals surface area contributed by atoms with E-state index in [4.69, 9.17) is 9.47 Å². The van der Waals surface area contributed by atoms with E-state index in [0.717, 1.165) is 24.6 Å². The Kier molecular flexibility index (Phi) is 5.20. The summed E-state index contributed by atoms with van der Waals surface area (Å²) in [5.74, 6) is 1.30. The Balaban J connectivity index is 1.54. The summed E-state index contributed by atoms with van der Waals surface area (Å²) in [6.07, 6.45) is 4.33. The van der Waals surface area contributed by atoms with Crippen molar-refractivity contribution < 1.29 is 13.9 Å². The lowest BCUT2D eigenvalue weighted by Crippen LogP contribution is -2.34. The van der Waals surface area contributed by atoms with Crippen LogP contribution in [0.2, 0.25) is 0 Å². The number of halogens is 1. The molecule has 5 heteroatoms. The quantitative estimate of drug-likeness (QED) is 0.809. The van der Waals surface area contributed by atoms with Crippen molar-refractivity contribution in [2.45, 2.75) is 25.4 Å². The first-order valence-corrected chi connectivity index (χ1v) is 7.85. The zero-order valence-electron chi connectivity index (χ0n) is 13.2. The smallest absolute Gasteiger partial charge is 0.219 e. The number of nitrogens with one attached hydrogen (secondary N) is 1. The molecule has 0 radical (unpaired) electrons. The van der Waals surface area contributed by atoms with Crippen LogP contribution in [0.15, 0.2) is 42.6 Å². The molecule has 1 heterocycles. The molecular formula is C18H21FN2O2. The average molecular weight is 316 g/mol. The topological polar surface area (TPSA) is 43.4 Å². The van der Waals surface area contributed by atoms with Gasteiger partial charge in [0.25, 0.3) is 0 Å². The van der Waals surface area contributed by atoms with E-state index in [0.29, 0.717) is 17.7 Å². The van der Waals surface area contributed by atoms with Gasteiger partial charge in [0.05, 0.1) is 6.61 Å². The van der Waals surface area contributed by atoms with Gasteiger partial charge in [0.2, 0.25) is 5.88 Å². The van der Waals surface area contributed by atoms with Gasteiger partial charge in [-0.15, -0.1) is 0 Å². The molecule has 122 valence electrons. The molecule has 4 nitrogen and oxygen atoms in total. The van der Waals surface area contributed by atoms with E-state index in [2.05, 4.69) is 10.3 Å². The molecule has 0 bridgehead atoms. The molecule has 1 aliphatic carbocycles. The van der Waals surface area contributed by atoms with Crippen molar-refractivity contribution in [3.05, 3.63) is 54.0 Å². The van der Waals surface area contributed by atoms with Crippen LogP contribution in [0.3, 0.4) is 0 Å². The number of benzene rings is 1. The highest BCUT2D eigenvalue weighted by Crippen LogP contribution is 2.32. The minimum absolute atomic E-state index is 0.326. The van der Waals surface area contributed by atoms with Crippen LogP contribution in [-0.4, -0.2) is 24.7 Å². The Morgan fingerprint density at radius 1 is 1.30 bits per heavy atom. The highest BCUT2D eigenvalue weighted by atomic mass is 19.1. The van der Waals surface area contributed by atoms with E-state index in [1.54, 1.807) is 31.5 Å². The lowest BCUT2D eigenvalue weighted by Gasteiger charge is -2.17. The molecule has 1 atom stereocenters. The number of methoxy groups -OCH3 is 1. The molecular weight excluding hydrogens is 295 g/mol. The molecule has 3 rings (SSSR count). The highest BCUT2D eigenvalue weighted by Gasteiger charge is 2.30. The van der Waals surface area contributed by atoms with Crippen molar-refractivity contribution in [3.8, 4) is 11.6 Å². The van der Waals surface area contributed by atoms with Crippen molar-refractivity contribution in [1.29, 1.82) is 0 Å². The number of hydrogen-bond donors (Lipinski definition) is 1. The van der Waals surface area contributed by atoms with Gasteiger partial charge in [0.1, 0.15) is 11.6 Å². The second kappa shape index (κ2) is 7.53. The van der Waals surface area contributed by atoms with Crippen molar-refractivity contribution in [2.24, 2.45) is 5.92 Å². The molecule has 1 fully saturated rings. The van der Waals surface area contributed by atoms with Crippen LogP contribution in [0, 0.1) is 11.7 Å². The van der Waals surface area contributed by atoms with Gasteiger partial charge in [-0.1, -0.05) is 12.1 Å². The molecule has 2 aromatic rings. The number of nitrogens with zero attached hydrogens (tertiary/aromatic N) is 1. The van der Waals surface area contributed by atoms with Gasteiger partial charge < -0.3 is 14.8 Å². The zero-order chi connectivity index (χ0) is 16.1. The largest absolute Gasteiger partial charge is 0.439 e. The second-order valence-electron chi connectivity index (χ2n) is 5.84. The lowest BCUT2D eigenvalue weighted by molar-refractivity contribution is 0.157. The maximum atomic E-state index is 13.1. The van der Waals surface area contributed by atoms with E-state index in [9.17, 15) is 4.39 Å². The highest BCUT2D eigenvalue weighted by molar-refractivity contribution is 5.28. The van der Waals surface area contributed by atoms with Gasteiger partial charge in [0.15, 0.2) is 0 Å². The molecule has 0 amide bonds. The van der Waals surface area contributed by atoms with Gasteiger partial charge in [-0.3, -0.25) is 0 Å². The number of aromatic nitrogens is 1. The minimum atomic E-state index is -0.326. The molecule has 0 spiro atoms. The van der Waals surface area contributed by atoms with Crippen LogP contribution < -0.4 is 10.1 Å². The summed E-state index contributed by atoms with van der Waals surface area (Å²) in [5.41, 5.74) is 1.08. The van der Waals surface area contributed by atoms with E-state index < -0.39 is 0 Å². The summed E-state index contributed by atoms with van der Waals surface area (Å²) < 4.78 is 23.9. The van der Waals surface area contributed by atoms with E-state index in [-0.39, 0.29) is 5.82 Å². The number of pyridine rings is 1. The number of rotatable bonds is 8. The van der Waals surface area contributed by atoms with Crippen LogP contribution in [-0.2, 0) is 11.3 Å². The van der Waals surface area contributed by atoms with Gasteiger partial charge in [-0.05, 0) is 36.5 Å². The van der Waals surface area contributed by atoms with Crippen LogP contribution in [0.1, 0.15) is 18.4 Å². The molecule has 1 saturated carbocycles. The van der Waals surface area contributed by atoms with Crippen molar-refractivity contribution >= 4 is 0 Å². The molecule has 1 unspecified atom stereocenters. The van der Waals surface area contributed by atoms with Gasteiger partial charge in [0, 0.05) is 38.0 Å². The van der Waals surface area contributed by atoms with Crippen molar-refractivity contribution in [2.75, 3.05) is 13.7 Å². The maximum absolute atomic E-state index is 13.1. The molecule has 0 aliphatic heterocycles. The van der Waals surface area contributed by atoms with Crippen LogP contribution in [0.5, 0.6) is 11.6 Å². The second-order valence-corrected chi connectivity index (χ2v) is 5.84. The molecule has 1 N–H and O–H groups in total. The molecule has 1 aromatic heterocycles. The summed E-state index contributed by atoms with van der Waals surface area (Å²) in [4.78, 5) is 4.27. The van der Waals surface area contributed by atoms with E-state index in [1.807, 2.05) is 6.07 Å². The lowest BCUT2D eigenvalue weighted by atomic mass is 10.2. The van der Waals surface area contributed by atoms with E-state index >= 15 is 0 Å². The zero-order valence-corrected chi connectivity index (χ0v) is 13.2. The standard InChI is InChI=1S/C18H21FN2O2/c1-22-12-17(14-6-7-14)20-10-13-5-8-18(21-11-13)23-16-4-2-3-15(19)9-16/h2-5,8-9,11,14,17,20H,6-7,10,12H2,1H3. The summed E-state index contributed by atoms with van der Waals surface area (Å²) in [6, 6.07) is 10.2. The van der Waals surface area contributed by atoms with Crippen molar-refractivity contribution in [1.82, 2.24) is 10.3 Å². The predicted octanol–water partition coefficient (Wildman–Crippen LogP) is 3.53. The predicted molar refractivity (Wildman–Crippen MR) is 85.9 cm³/mol. The van der Waals surface area contributed by atoms with Crippen molar-refractivity contribution in [3.63, 3.8) is 0 Å². The third-order valence-corrected chi connectivity index (χ3v) is 3.92. The Bertz CT molecular complexity index is 629. The Labute approximate surface area is 135 Å². The van der Waals surface area contributed by atoms with Crippen LogP contribution >= 0.6 is 0 Å². The third-order valence-electron chi connectivity index (χ3n) is 3.92. The van der Waals surface area contributed by atoms with Gasteiger partial charge in [-0.2, -0.15) is 0 Å². The Hall–Kier alpha value is -1.98. The third kappa shape index (κ3) is 4.74. The average Bonchev–Trinajstić information content (AvgIpc) is 3.38. The minimum Gasteiger partial charge on any atom is -0.439 e. The summed E-state index contributed by atoms with van der Waals surface area (Å²) in [5, 5.41) is 3.52. The number of ether oxygens (including phenoxy) is 2. The summed E-state index contributed by atoms with van der Waals surface area (Å²) in [6.45, 7) is 1.48. The molecule has 1 aromatic carbocycles.